The summed E-state index contributed by atoms with van der Waals surface area (Å²) >= 11 is 0. The molecule has 0 aliphatic rings. The van der Waals surface area contributed by atoms with Gasteiger partial charge < -0.3 is 10.7 Å². The number of aromatic nitrogens is 3. The number of halogens is 3. The Kier molecular flexibility index (Phi) is 4.53. The number of anilines is 2. The van der Waals surface area contributed by atoms with Gasteiger partial charge in [0, 0.05) is 30.9 Å². The predicted octanol–water partition coefficient (Wildman–Crippen LogP) is 1.83. The number of hydrazine groups is 1. The van der Waals surface area contributed by atoms with Crippen LogP contribution in [0.3, 0.4) is 0 Å². The summed E-state index contributed by atoms with van der Waals surface area (Å²) in [5.41, 5.74) is 2.91. The van der Waals surface area contributed by atoms with Crippen LogP contribution in [0.25, 0.3) is 0 Å². The second kappa shape index (κ2) is 6.35. The lowest BCUT2D eigenvalue weighted by atomic mass is 10.3. The first-order valence-corrected chi connectivity index (χ1v) is 6.05. The Hall–Kier alpha value is -2.42. The maximum absolute atomic E-state index is 12.6. The molecule has 0 saturated heterocycles. The van der Waals surface area contributed by atoms with E-state index in [9.17, 15) is 13.2 Å². The zero-order valence-electron chi connectivity index (χ0n) is 10.9. The summed E-state index contributed by atoms with van der Waals surface area (Å²) in [7, 11) is 0. The summed E-state index contributed by atoms with van der Waals surface area (Å²) in [5, 5.41) is 2.79. The van der Waals surface area contributed by atoms with Crippen molar-refractivity contribution >= 4 is 11.6 Å². The summed E-state index contributed by atoms with van der Waals surface area (Å²) in [4.78, 5) is 10.8. The van der Waals surface area contributed by atoms with Gasteiger partial charge in [0.2, 0.25) is 5.82 Å². The van der Waals surface area contributed by atoms with Crippen molar-refractivity contribution in [2.75, 3.05) is 17.3 Å². The van der Waals surface area contributed by atoms with Crippen LogP contribution in [0.15, 0.2) is 30.5 Å². The van der Waals surface area contributed by atoms with Crippen LogP contribution in [-0.4, -0.2) is 21.5 Å². The molecule has 0 bridgehead atoms. The van der Waals surface area contributed by atoms with Gasteiger partial charge in [-0.2, -0.15) is 13.2 Å². The molecule has 0 spiro atoms. The van der Waals surface area contributed by atoms with E-state index in [0.717, 1.165) is 5.69 Å². The third-order valence-corrected chi connectivity index (χ3v) is 2.54. The molecule has 0 saturated carbocycles. The largest absolute Gasteiger partial charge is 0.451 e. The monoisotopic (exact) mass is 298 g/mol. The summed E-state index contributed by atoms with van der Waals surface area (Å²) in [6.45, 7) is 0.384. The fraction of sp³-hybridized carbons (Fsp3) is 0.250. The highest BCUT2D eigenvalue weighted by Crippen LogP contribution is 2.28. The Morgan fingerprint density at radius 3 is 2.52 bits per heavy atom. The third kappa shape index (κ3) is 4.28. The molecule has 2 aromatic rings. The predicted molar refractivity (Wildman–Crippen MR) is 71.3 cm³/mol. The van der Waals surface area contributed by atoms with Crippen molar-refractivity contribution in [1.29, 1.82) is 0 Å². The molecule has 0 unspecified atom stereocenters. The summed E-state index contributed by atoms with van der Waals surface area (Å²) in [6.07, 6.45) is -2.43. The van der Waals surface area contributed by atoms with Crippen LogP contribution in [0, 0.1) is 0 Å². The van der Waals surface area contributed by atoms with Gasteiger partial charge in [-0.05, 0) is 12.1 Å². The molecule has 0 amide bonds. The minimum Gasteiger partial charge on any atom is -0.370 e. The van der Waals surface area contributed by atoms with Crippen molar-refractivity contribution in [3.8, 4) is 0 Å². The van der Waals surface area contributed by atoms with Gasteiger partial charge in [-0.25, -0.2) is 15.8 Å². The van der Waals surface area contributed by atoms with Crippen LogP contribution in [0.1, 0.15) is 11.5 Å². The van der Waals surface area contributed by atoms with Gasteiger partial charge in [0.05, 0.1) is 0 Å². The standard InChI is InChI=1S/C12H13F3N6/c13-12(14,15)11-19-9(7-10(20-11)21-16)18-6-4-8-3-1-2-5-17-8/h1-3,5,7H,4,6,16H2,(H2,18,19,20,21). The number of nitrogens with one attached hydrogen (secondary N) is 2. The highest BCUT2D eigenvalue weighted by molar-refractivity contribution is 5.47. The normalized spacial score (nSPS) is 11.2. The van der Waals surface area contributed by atoms with E-state index in [1.54, 1.807) is 12.3 Å². The second-order valence-electron chi connectivity index (χ2n) is 4.10. The smallest absolute Gasteiger partial charge is 0.370 e. The SMILES string of the molecule is NNc1cc(NCCc2ccccn2)nc(C(F)(F)F)n1. The molecule has 0 radical (unpaired) electrons. The first-order valence-electron chi connectivity index (χ1n) is 6.05. The Labute approximate surface area is 118 Å². The second-order valence-corrected chi connectivity index (χ2v) is 4.10. The number of pyridine rings is 1. The van der Waals surface area contributed by atoms with Gasteiger partial charge in [-0.3, -0.25) is 4.98 Å². The van der Waals surface area contributed by atoms with Crippen molar-refractivity contribution in [3.05, 3.63) is 42.0 Å². The first-order chi connectivity index (χ1) is 9.99. The minimum absolute atomic E-state index is 0.0428. The molecule has 9 heteroatoms. The quantitative estimate of drug-likeness (QED) is 0.576. The fourth-order valence-electron chi connectivity index (χ4n) is 1.60. The van der Waals surface area contributed by atoms with Crippen molar-refractivity contribution in [1.82, 2.24) is 15.0 Å². The summed E-state index contributed by atoms with van der Waals surface area (Å²) < 4.78 is 37.9. The van der Waals surface area contributed by atoms with E-state index in [1.807, 2.05) is 12.1 Å². The minimum atomic E-state index is -4.63. The highest BCUT2D eigenvalue weighted by Gasteiger charge is 2.35. The maximum atomic E-state index is 12.6. The summed E-state index contributed by atoms with van der Waals surface area (Å²) in [5.74, 6) is 3.78. The fourth-order valence-corrected chi connectivity index (χ4v) is 1.60. The molecule has 21 heavy (non-hydrogen) atoms. The molecule has 0 aromatic carbocycles. The van der Waals surface area contributed by atoms with E-state index in [1.165, 1.54) is 6.07 Å². The molecular weight excluding hydrogens is 285 g/mol. The van der Waals surface area contributed by atoms with E-state index in [2.05, 4.69) is 25.7 Å². The van der Waals surface area contributed by atoms with E-state index in [0.29, 0.717) is 13.0 Å². The zero-order valence-corrected chi connectivity index (χ0v) is 10.9. The van der Waals surface area contributed by atoms with Crippen molar-refractivity contribution < 1.29 is 13.2 Å². The van der Waals surface area contributed by atoms with Gasteiger partial charge in [-0.1, -0.05) is 6.07 Å². The third-order valence-electron chi connectivity index (χ3n) is 2.54. The van der Waals surface area contributed by atoms with Crippen LogP contribution in [0.4, 0.5) is 24.8 Å². The van der Waals surface area contributed by atoms with Crippen LogP contribution < -0.4 is 16.6 Å². The van der Waals surface area contributed by atoms with Gasteiger partial charge in [0.15, 0.2) is 0 Å². The lowest BCUT2D eigenvalue weighted by Gasteiger charge is -2.11. The molecule has 2 heterocycles. The molecule has 4 N–H and O–H groups in total. The number of rotatable bonds is 5. The Morgan fingerprint density at radius 1 is 1.14 bits per heavy atom. The number of hydrogen-bond acceptors (Lipinski definition) is 6. The molecule has 0 atom stereocenters. The molecule has 0 aliphatic carbocycles. The van der Waals surface area contributed by atoms with Gasteiger partial charge in [0.1, 0.15) is 11.6 Å². The Morgan fingerprint density at radius 2 is 1.90 bits per heavy atom. The van der Waals surface area contributed by atoms with Gasteiger partial charge in [-0.15, -0.1) is 0 Å². The molecule has 2 rings (SSSR count). The van der Waals surface area contributed by atoms with E-state index in [4.69, 9.17) is 5.84 Å². The molecule has 112 valence electrons. The average molecular weight is 298 g/mol. The lowest BCUT2D eigenvalue weighted by molar-refractivity contribution is -0.144. The molecule has 0 aliphatic heterocycles. The molecule has 6 nitrogen and oxygen atoms in total. The van der Waals surface area contributed by atoms with Crippen molar-refractivity contribution in [3.63, 3.8) is 0 Å². The van der Waals surface area contributed by atoms with Crippen LogP contribution in [0.5, 0.6) is 0 Å². The van der Waals surface area contributed by atoms with Crippen molar-refractivity contribution in [2.24, 2.45) is 5.84 Å². The topological polar surface area (TPSA) is 88.8 Å². The van der Waals surface area contributed by atoms with Gasteiger partial charge >= 0.3 is 6.18 Å². The highest BCUT2D eigenvalue weighted by atomic mass is 19.4. The molecular formula is C12H13F3N6. The molecule has 0 fully saturated rings. The van der Waals surface area contributed by atoms with Crippen LogP contribution in [-0.2, 0) is 12.6 Å². The number of hydrogen-bond donors (Lipinski definition) is 3. The first kappa shape index (κ1) is 15.0. The zero-order chi connectivity index (χ0) is 15.3. The lowest BCUT2D eigenvalue weighted by Crippen LogP contribution is -2.18. The number of alkyl halides is 3. The van der Waals surface area contributed by atoms with Gasteiger partial charge in [0.25, 0.3) is 0 Å². The van der Waals surface area contributed by atoms with E-state index < -0.39 is 12.0 Å². The van der Waals surface area contributed by atoms with Crippen LogP contribution in [0.2, 0.25) is 0 Å². The number of nitrogens with two attached hydrogens (primary N) is 1. The van der Waals surface area contributed by atoms with E-state index in [-0.39, 0.29) is 11.6 Å². The maximum Gasteiger partial charge on any atom is 0.451 e. The van der Waals surface area contributed by atoms with Crippen molar-refractivity contribution in [2.45, 2.75) is 12.6 Å². The van der Waals surface area contributed by atoms with Crippen LogP contribution >= 0.6 is 0 Å². The molecule has 2 aromatic heterocycles. The number of nitrogen functional groups attached to an aromatic ring is 1. The Bertz CT molecular complexity index is 587. The van der Waals surface area contributed by atoms with E-state index >= 15 is 0 Å². The Balaban J connectivity index is 2.05. The average Bonchev–Trinajstić information content (AvgIpc) is 2.47. The number of nitrogens with zero attached hydrogens (tertiary/aromatic N) is 3. The summed E-state index contributed by atoms with van der Waals surface area (Å²) in [6, 6.07) is 6.75.